The maximum atomic E-state index is 5.49. The largest absolute Gasteiger partial charge is 0.454 e. The zero-order valence-electron chi connectivity index (χ0n) is 12.4. The van der Waals surface area contributed by atoms with Crippen LogP contribution in [0.2, 0.25) is 0 Å². The molecule has 1 aliphatic heterocycles. The van der Waals surface area contributed by atoms with Crippen molar-refractivity contribution in [2.75, 3.05) is 26.4 Å². The molecule has 20 heavy (non-hydrogen) atoms. The maximum Gasteiger partial charge on any atom is 0.231 e. The molecule has 0 aromatic heterocycles. The normalized spacial score (nSPS) is 18.6. The third-order valence-corrected chi connectivity index (χ3v) is 4.14. The molecule has 4 nitrogen and oxygen atoms in total. The van der Waals surface area contributed by atoms with Crippen molar-refractivity contribution in [3.63, 3.8) is 0 Å². The molecule has 0 saturated heterocycles. The van der Waals surface area contributed by atoms with Crippen LogP contribution >= 0.6 is 0 Å². The number of rotatable bonds is 7. The van der Waals surface area contributed by atoms with E-state index in [1.165, 1.54) is 18.4 Å². The Kier molecular flexibility index (Phi) is 4.13. The molecular formula is C16H24N2O2. The Morgan fingerprint density at radius 3 is 2.75 bits per heavy atom. The van der Waals surface area contributed by atoms with E-state index in [0.717, 1.165) is 37.2 Å². The first-order chi connectivity index (χ1) is 9.81. The minimum absolute atomic E-state index is 0.341. The predicted octanol–water partition coefficient (Wildman–Crippen LogP) is 2.55. The fraction of sp³-hybridized carbons (Fsp3) is 0.625. The monoisotopic (exact) mass is 276 g/mol. The topological polar surface area (TPSA) is 33.7 Å². The summed E-state index contributed by atoms with van der Waals surface area (Å²) in [5, 5.41) is 3.60. The highest BCUT2D eigenvalue weighted by atomic mass is 16.7. The molecule has 110 valence electrons. The van der Waals surface area contributed by atoms with Crippen LogP contribution in [0.15, 0.2) is 18.2 Å². The average molecular weight is 276 g/mol. The average Bonchev–Trinajstić information content (AvgIpc) is 3.20. The van der Waals surface area contributed by atoms with Gasteiger partial charge in [-0.1, -0.05) is 19.9 Å². The van der Waals surface area contributed by atoms with Gasteiger partial charge in [0.05, 0.1) is 0 Å². The second-order valence-electron chi connectivity index (χ2n) is 5.54. The summed E-state index contributed by atoms with van der Waals surface area (Å²) < 4.78 is 10.9. The number of ether oxygens (including phenoxy) is 2. The van der Waals surface area contributed by atoms with Crippen molar-refractivity contribution in [1.82, 2.24) is 10.2 Å². The van der Waals surface area contributed by atoms with E-state index < -0.39 is 0 Å². The molecule has 1 N–H and O–H groups in total. The van der Waals surface area contributed by atoms with E-state index in [0.29, 0.717) is 12.8 Å². The minimum Gasteiger partial charge on any atom is -0.454 e. The smallest absolute Gasteiger partial charge is 0.231 e. The van der Waals surface area contributed by atoms with Gasteiger partial charge in [0.25, 0.3) is 0 Å². The molecule has 1 aliphatic carbocycles. The Labute approximate surface area is 121 Å². The first kappa shape index (κ1) is 13.7. The fourth-order valence-electron chi connectivity index (χ4n) is 2.87. The van der Waals surface area contributed by atoms with Gasteiger partial charge in [-0.3, -0.25) is 4.90 Å². The molecule has 1 heterocycles. The molecule has 1 atom stereocenters. The molecule has 1 aromatic carbocycles. The Hall–Kier alpha value is -1.26. The van der Waals surface area contributed by atoms with Crippen LogP contribution in [-0.2, 0) is 0 Å². The van der Waals surface area contributed by atoms with Crippen LogP contribution in [0.5, 0.6) is 11.5 Å². The highest BCUT2D eigenvalue weighted by molar-refractivity contribution is 5.45. The van der Waals surface area contributed by atoms with Crippen LogP contribution in [0.25, 0.3) is 0 Å². The van der Waals surface area contributed by atoms with E-state index in [-0.39, 0.29) is 0 Å². The zero-order valence-corrected chi connectivity index (χ0v) is 12.4. The molecule has 4 heteroatoms. The van der Waals surface area contributed by atoms with Crippen LogP contribution < -0.4 is 14.8 Å². The van der Waals surface area contributed by atoms with Crippen LogP contribution in [0.4, 0.5) is 0 Å². The predicted molar refractivity (Wildman–Crippen MR) is 79.3 cm³/mol. The van der Waals surface area contributed by atoms with Gasteiger partial charge in [0.2, 0.25) is 6.79 Å². The van der Waals surface area contributed by atoms with Gasteiger partial charge in [0.1, 0.15) is 0 Å². The fourth-order valence-corrected chi connectivity index (χ4v) is 2.87. The molecule has 3 rings (SSSR count). The van der Waals surface area contributed by atoms with Gasteiger partial charge in [-0.2, -0.15) is 0 Å². The molecule has 0 spiro atoms. The second-order valence-corrected chi connectivity index (χ2v) is 5.54. The summed E-state index contributed by atoms with van der Waals surface area (Å²) in [7, 11) is 0. The third kappa shape index (κ3) is 2.91. The molecule has 1 fully saturated rings. The van der Waals surface area contributed by atoms with Crippen molar-refractivity contribution >= 4 is 0 Å². The van der Waals surface area contributed by atoms with Crippen molar-refractivity contribution < 1.29 is 9.47 Å². The van der Waals surface area contributed by atoms with Crippen LogP contribution in [0, 0.1) is 0 Å². The summed E-state index contributed by atoms with van der Waals surface area (Å²) in [6.45, 7) is 7.91. The summed E-state index contributed by atoms with van der Waals surface area (Å²) in [4.78, 5) is 2.58. The number of benzene rings is 1. The van der Waals surface area contributed by atoms with Gasteiger partial charge in [0, 0.05) is 18.6 Å². The molecule has 0 radical (unpaired) electrons. The number of likely N-dealkylation sites (N-methyl/N-ethyl adjacent to an activating group) is 2. The first-order valence-corrected chi connectivity index (χ1v) is 7.68. The standard InChI is InChI=1S/C16H24N2O2/c1-3-17-14(10-18(4-2)13-6-7-13)12-5-8-15-16(9-12)20-11-19-15/h5,8-9,13-14,17H,3-4,6-7,10-11H2,1-2H3. The van der Waals surface area contributed by atoms with Gasteiger partial charge in [-0.25, -0.2) is 0 Å². The molecule has 1 unspecified atom stereocenters. The summed E-state index contributed by atoms with van der Waals surface area (Å²) in [5.74, 6) is 1.73. The second kappa shape index (κ2) is 6.02. The van der Waals surface area contributed by atoms with E-state index >= 15 is 0 Å². The Bertz CT molecular complexity index is 460. The highest BCUT2D eigenvalue weighted by Crippen LogP contribution is 2.35. The van der Waals surface area contributed by atoms with Crippen molar-refractivity contribution in [3.8, 4) is 11.5 Å². The minimum atomic E-state index is 0.341. The number of fused-ring (bicyclic) bond motifs is 1. The SMILES string of the molecule is CCNC(CN(CC)C1CC1)c1ccc2c(c1)OCO2. The van der Waals surface area contributed by atoms with Crippen molar-refractivity contribution in [3.05, 3.63) is 23.8 Å². The van der Waals surface area contributed by atoms with Gasteiger partial charge in [-0.05, 0) is 43.6 Å². The van der Waals surface area contributed by atoms with E-state index in [1.807, 2.05) is 6.07 Å². The van der Waals surface area contributed by atoms with Crippen LogP contribution in [-0.4, -0.2) is 37.4 Å². The molecule has 2 aliphatic rings. The Morgan fingerprint density at radius 2 is 2.05 bits per heavy atom. The lowest BCUT2D eigenvalue weighted by molar-refractivity contribution is 0.174. The summed E-state index contributed by atoms with van der Waals surface area (Å²) in [6.07, 6.45) is 2.71. The van der Waals surface area contributed by atoms with E-state index in [2.05, 4.69) is 36.2 Å². The van der Waals surface area contributed by atoms with Crippen LogP contribution in [0.3, 0.4) is 0 Å². The molecule has 1 aromatic rings. The first-order valence-electron chi connectivity index (χ1n) is 7.68. The Balaban J connectivity index is 1.75. The molecule has 0 amide bonds. The molecule has 0 bridgehead atoms. The lowest BCUT2D eigenvalue weighted by Gasteiger charge is -2.27. The summed E-state index contributed by atoms with van der Waals surface area (Å²) in [6, 6.07) is 7.46. The van der Waals surface area contributed by atoms with E-state index in [4.69, 9.17) is 9.47 Å². The molecular weight excluding hydrogens is 252 g/mol. The number of hydrogen-bond acceptors (Lipinski definition) is 4. The summed E-state index contributed by atoms with van der Waals surface area (Å²) in [5.41, 5.74) is 1.29. The maximum absolute atomic E-state index is 5.49. The third-order valence-electron chi connectivity index (χ3n) is 4.14. The van der Waals surface area contributed by atoms with Gasteiger partial charge < -0.3 is 14.8 Å². The van der Waals surface area contributed by atoms with Gasteiger partial charge in [0.15, 0.2) is 11.5 Å². The zero-order chi connectivity index (χ0) is 13.9. The molecule has 1 saturated carbocycles. The van der Waals surface area contributed by atoms with Crippen molar-refractivity contribution in [2.45, 2.75) is 38.8 Å². The lowest BCUT2D eigenvalue weighted by atomic mass is 10.1. The number of hydrogen-bond donors (Lipinski definition) is 1. The van der Waals surface area contributed by atoms with Crippen molar-refractivity contribution in [2.24, 2.45) is 0 Å². The van der Waals surface area contributed by atoms with E-state index in [1.54, 1.807) is 0 Å². The summed E-state index contributed by atoms with van der Waals surface area (Å²) >= 11 is 0. The highest BCUT2D eigenvalue weighted by Gasteiger charge is 2.30. The Morgan fingerprint density at radius 1 is 1.25 bits per heavy atom. The van der Waals surface area contributed by atoms with Crippen molar-refractivity contribution in [1.29, 1.82) is 0 Å². The quantitative estimate of drug-likeness (QED) is 0.830. The lowest BCUT2D eigenvalue weighted by Crippen LogP contribution is -2.36. The van der Waals surface area contributed by atoms with Crippen LogP contribution in [0.1, 0.15) is 38.3 Å². The van der Waals surface area contributed by atoms with Gasteiger partial charge >= 0.3 is 0 Å². The van der Waals surface area contributed by atoms with E-state index in [9.17, 15) is 0 Å². The number of nitrogens with one attached hydrogen (secondary N) is 1. The number of nitrogens with zero attached hydrogens (tertiary/aromatic N) is 1. The van der Waals surface area contributed by atoms with Gasteiger partial charge in [-0.15, -0.1) is 0 Å².